The molecule has 2 atom stereocenters. The molecule has 8 heteroatoms. The molecule has 0 saturated carbocycles. The first-order chi connectivity index (χ1) is 11.3. The first kappa shape index (κ1) is 19.8. The van der Waals surface area contributed by atoms with E-state index in [1.54, 1.807) is 0 Å². The van der Waals surface area contributed by atoms with Crippen LogP contribution in [0.3, 0.4) is 0 Å². The molecule has 132 valence electrons. The van der Waals surface area contributed by atoms with Gasteiger partial charge in [0.05, 0.1) is 25.9 Å². The first-order valence-corrected chi connectivity index (χ1v) is 7.03. The van der Waals surface area contributed by atoms with Gasteiger partial charge >= 0.3 is 0 Å². The van der Waals surface area contributed by atoms with Crippen LogP contribution in [0.4, 0.5) is 0 Å². The number of ether oxygens (including phenoxy) is 1. The molecule has 0 fully saturated rings. The van der Waals surface area contributed by atoms with Crippen molar-refractivity contribution >= 4 is 11.6 Å². The Morgan fingerprint density at radius 1 is 1.17 bits per heavy atom. The normalized spacial score (nSPS) is 13.2. The number of carbonyl (C=O) groups excluding carboxylic acids is 2. The lowest BCUT2D eigenvalue weighted by Crippen LogP contribution is -2.31. The Morgan fingerprint density at radius 3 is 2.08 bits per heavy atom. The number of hydrogen-bond acceptors (Lipinski definition) is 8. The number of methoxy groups -OCH3 is 1. The average Bonchev–Trinajstić information content (AvgIpc) is 2.59. The number of hydrogen-bond donors (Lipinski definition) is 5. The Labute approximate surface area is 138 Å². The number of Topliss-reactive ketones (excluding diaryl/α,β-unsaturated/α-hetero) is 2. The first-order valence-electron chi connectivity index (χ1n) is 7.03. The fourth-order valence-electron chi connectivity index (χ4n) is 2.19. The fraction of sp³-hybridized carbons (Fsp3) is 0.375. The summed E-state index contributed by atoms with van der Waals surface area (Å²) in [5, 5.41) is 47.4. The Hall–Kier alpha value is -2.26. The number of aliphatic hydroxyl groups is 4. The van der Waals surface area contributed by atoms with Gasteiger partial charge < -0.3 is 30.3 Å². The number of rotatable bonds is 9. The zero-order valence-corrected chi connectivity index (χ0v) is 13.1. The number of carbonyl (C=O) groups is 2. The fourth-order valence-corrected chi connectivity index (χ4v) is 2.19. The van der Waals surface area contributed by atoms with Crippen molar-refractivity contribution in [3.63, 3.8) is 0 Å². The lowest BCUT2D eigenvalue weighted by Gasteiger charge is -2.19. The van der Waals surface area contributed by atoms with E-state index in [2.05, 4.69) is 6.58 Å². The summed E-state index contributed by atoms with van der Waals surface area (Å²) in [6, 6.07) is 1.29. The highest BCUT2D eigenvalue weighted by Gasteiger charge is 2.32. The number of phenolic OH excluding ortho intramolecular Hbond substituents is 1. The number of allylic oxidation sites excluding steroid dienone is 1. The third-order valence-corrected chi connectivity index (χ3v) is 3.37. The third-order valence-electron chi connectivity index (χ3n) is 3.37. The zero-order valence-electron chi connectivity index (χ0n) is 13.1. The van der Waals surface area contributed by atoms with Crippen LogP contribution < -0.4 is 4.74 Å². The van der Waals surface area contributed by atoms with Crippen LogP contribution in [0.2, 0.25) is 0 Å². The van der Waals surface area contributed by atoms with Gasteiger partial charge in [0.1, 0.15) is 12.2 Å². The second kappa shape index (κ2) is 8.55. The summed E-state index contributed by atoms with van der Waals surface area (Å²) < 4.78 is 4.95. The summed E-state index contributed by atoms with van der Waals surface area (Å²) in [5.41, 5.74) is -0.761. The van der Waals surface area contributed by atoms with E-state index in [9.17, 15) is 24.9 Å². The number of ketones is 2. The van der Waals surface area contributed by atoms with E-state index in [0.29, 0.717) is 0 Å². The predicted octanol–water partition coefficient (Wildman–Crippen LogP) is -0.799. The molecule has 0 bridgehead atoms. The van der Waals surface area contributed by atoms with Gasteiger partial charge in [0.2, 0.25) is 0 Å². The summed E-state index contributed by atoms with van der Waals surface area (Å²) in [5.74, 6) is -2.97. The lowest BCUT2D eigenvalue weighted by molar-refractivity contribution is 0.0552. The molecule has 0 aliphatic rings. The summed E-state index contributed by atoms with van der Waals surface area (Å²) >= 11 is 0. The molecule has 0 spiro atoms. The van der Waals surface area contributed by atoms with Gasteiger partial charge in [-0.15, -0.1) is 6.58 Å². The Balaban J connectivity index is 3.78. The minimum atomic E-state index is -1.88. The summed E-state index contributed by atoms with van der Waals surface area (Å²) in [4.78, 5) is 24.7. The number of aromatic hydroxyl groups is 1. The average molecular weight is 340 g/mol. The van der Waals surface area contributed by atoms with Crippen molar-refractivity contribution in [3.05, 3.63) is 35.4 Å². The maximum absolute atomic E-state index is 12.4. The van der Waals surface area contributed by atoms with Gasteiger partial charge in [0.15, 0.2) is 23.1 Å². The van der Waals surface area contributed by atoms with Gasteiger partial charge in [-0.05, 0) is 18.1 Å². The van der Waals surface area contributed by atoms with Gasteiger partial charge in [0.25, 0.3) is 0 Å². The monoisotopic (exact) mass is 340 g/mol. The number of aliphatic hydroxyl groups excluding tert-OH is 4. The lowest BCUT2D eigenvalue weighted by atomic mass is 9.88. The Bertz CT molecular complexity index is 637. The SMILES string of the molecule is C=CCc1cc(OC)c(O)c(C(=O)C(O)CO)c1C(=O)C(O)CO. The highest BCUT2D eigenvalue weighted by Crippen LogP contribution is 2.37. The maximum atomic E-state index is 12.4. The molecule has 0 heterocycles. The summed E-state index contributed by atoms with van der Waals surface area (Å²) in [7, 11) is 1.23. The van der Waals surface area contributed by atoms with Crippen molar-refractivity contribution in [2.45, 2.75) is 18.6 Å². The Morgan fingerprint density at radius 2 is 1.67 bits per heavy atom. The van der Waals surface area contributed by atoms with Crippen LogP contribution in [0.25, 0.3) is 0 Å². The molecule has 0 radical (unpaired) electrons. The van der Waals surface area contributed by atoms with Crippen molar-refractivity contribution in [2.75, 3.05) is 20.3 Å². The summed E-state index contributed by atoms with van der Waals surface area (Å²) in [6.45, 7) is 1.70. The standard InChI is InChI=1S/C16H20O8/c1-3-4-8-5-11(24-2)16(23)13(15(22)10(20)7-18)12(8)14(21)9(19)6-17/h3,5,9-10,17-20,23H,1,4,6-7H2,2H3. The van der Waals surface area contributed by atoms with Gasteiger partial charge in [0, 0.05) is 5.56 Å². The number of phenols is 1. The molecule has 24 heavy (non-hydrogen) atoms. The molecule has 1 aromatic carbocycles. The van der Waals surface area contributed by atoms with E-state index < -0.39 is 48.3 Å². The maximum Gasteiger partial charge on any atom is 0.198 e. The molecule has 5 N–H and O–H groups in total. The van der Waals surface area contributed by atoms with Crippen molar-refractivity contribution in [3.8, 4) is 11.5 Å². The van der Waals surface area contributed by atoms with Gasteiger partial charge in [-0.3, -0.25) is 9.59 Å². The zero-order chi connectivity index (χ0) is 18.4. The van der Waals surface area contributed by atoms with Crippen LogP contribution in [0.1, 0.15) is 26.3 Å². The molecule has 1 rings (SSSR count). The molecular formula is C16H20O8. The van der Waals surface area contributed by atoms with Crippen molar-refractivity contribution in [1.29, 1.82) is 0 Å². The van der Waals surface area contributed by atoms with E-state index in [4.69, 9.17) is 14.9 Å². The highest BCUT2D eigenvalue weighted by atomic mass is 16.5. The van der Waals surface area contributed by atoms with Crippen molar-refractivity contribution in [1.82, 2.24) is 0 Å². The molecule has 8 nitrogen and oxygen atoms in total. The smallest absolute Gasteiger partial charge is 0.198 e. The van der Waals surface area contributed by atoms with Gasteiger partial charge in [-0.25, -0.2) is 0 Å². The van der Waals surface area contributed by atoms with Crippen LogP contribution >= 0.6 is 0 Å². The van der Waals surface area contributed by atoms with Crippen LogP contribution in [-0.4, -0.2) is 69.6 Å². The minimum absolute atomic E-state index is 0.0887. The molecule has 0 aromatic heterocycles. The molecule has 0 aliphatic carbocycles. The predicted molar refractivity (Wildman–Crippen MR) is 83.4 cm³/mol. The van der Waals surface area contributed by atoms with E-state index in [0.717, 1.165) is 0 Å². The minimum Gasteiger partial charge on any atom is -0.504 e. The van der Waals surface area contributed by atoms with Gasteiger partial charge in [-0.2, -0.15) is 0 Å². The van der Waals surface area contributed by atoms with E-state index >= 15 is 0 Å². The summed E-state index contributed by atoms with van der Waals surface area (Å²) in [6.07, 6.45) is -2.19. The second-order valence-electron chi connectivity index (χ2n) is 4.95. The van der Waals surface area contributed by atoms with E-state index in [-0.39, 0.29) is 23.3 Å². The van der Waals surface area contributed by atoms with Crippen molar-refractivity contribution < 1.29 is 39.9 Å². The van der Waals surface area contributed by atoms with E-state index in [1.807, 2.05) is 0 Å². The molecule has 0 amide bonds. The van der Waals surface area contributed by atoms with Gasteiger partial charge in [-0.1, -0.05) is 6.08 Å². The third kappa shape index (κ3) is 3.80. The topological polar surface area (TPSA) is 145 Å². The molecular weight excluding hydrogens is 320 g/mol. The number of benzene rings is 1. The molecule has 0 saturated heterocycles. The van der Waals surface area contributed by atoms with Crippen molar-refractivity contribution in [2.24, 2.45) is 0 Å². The van der Waals surface area contributed by atoms with Crippen LogP contribution in [0, 0.1) is 0 Å². The van der Waals surface area contributed by atoms with Crippen LogP contribution in [-0.2, 0) is 6.42 Å². The quantitative estimate of drug-likeness (QED) is 0.290. The largest absolute Gasteiger partial charge is 0.504 e. The second-order valence-corrected chi connectivity index (χ2v) is 4.95. The van der Waals surface area contributed by atoms with Crippen LogP contribution in [0.5, 0.6) is 11.5 Å². The van der Waals surface area contributed by atoms with E-state index in [1.165, 1.54) is 19.3 Å². The van der Waals surface area contributed by atoms with Crippen LogP contribution in [0.15, 0.2) is 18.7 Å². The molecule has 1 aromatic rings. The Kier molecular flexibility index (Phi) is 7.05. The highest BCUT2D eigenvalue weighted by molar-refractivity contribution is 6.14. The molecule has 0 aliphatic heterocycles. The molecule has 2 unspecified atom stereocenters.